The van der Waals surface area contributed by atoms with E-state index in [9.17, 15) is 9.59 Å². The van der Waals surface area contributed by atoms with E-state index in [1.807, 2.05) is 14.1 Å². The first-order valence-corrected chi connectivity index (χ1v) is 26.5. The number of hydrogen-bond acceptors (Lipinski definition) is 8. The van der Waals surface area contributed by atoms with Crippen LogP contribution in [-0.2, 0) is 28.5 Å². The fraction of sp³-hybridized carbons (Fsp3) is 0.942. The Kier molecular flexibility index (Phi) is 38.9. The van der Waals surface area contributed by atoms with Gasteiger partial charge in [0.2, 0.25) is 0 Å². The zero-order chi connectivity index (χ0) is 46.3. The molecule has 0 saturated heterocycles. The second-order valence-corrected chi connectivity index (χ2v) is 19.8. The molecule has 1 N–H and O–H groups in total. The van der Waals surface area contributed by atoms with Crippen LogP contribution in [0.25, 0.3) is 0 Å². The average Bonchev–Trinajstić information content (AvgIpc) is 3.24. The fourth-order valence-electron chi connectivity index (χ4n) is 8.14. The van der Waals surface area contributed by atoms with E-state index in [2.05, 4.69) is 65.6 Å². The van der Waals surface area contributed by atoms with Gasteiger partial charge in [0.15, 0.2) is 5.11 Å². The lowest BCUT2D eigenvalue weighted by molar-refractivity contribution is -0.147. The van der Waals surface area contributed by atoms with Gasteiger partial charge in [-0.2, -0.15) is 0 Å². The second-order valence-electron chi connectivity index (χ2n) is 19.4. The first-order chi connectivity index (χ1) is 29.8. The van der Waals surface area contributed by atoms with Gasteiger partial charge >= 0.3 is 11.9 Å². The van der Waals surface area contributed by atoms with Gasteiger partial charge in [-0.1, -0.05) is 144 Å². The van der Waals surface area contributed by atoms with E-state index < -0.39 is 0 Å². The van der Waals surface area contributed by atoms with Gasteiger partial charge in [0.05, 0.1) is 30.5 Å². The van der Waals surface area contributed by atoms with Crippen LogP contribution in [0.5, 0.6) is 0 Å². The van der Waals surface area contributed by atoms with Gasteiger partial charge < -0.3 is 34.1 Å². The summed E-state index contributed by atoms with van der Waals surface area (Å²) in [5.74, 6) is -0.331. The molecule has 0 aliphatic carbocycles. The number of unbranched alkanes of at least 4 members (excludes halogenated alkanes) is 14. The lowest BCUT2D eigenvalue weighted by Gasteiger charge is -2.35. The highest BCUT2D eigenvalue weighted by molar-refractivity contribution is 7.80. The molecule has 0 spiro atoms. The normalized spacial score (nSPS) is 13.0. The van der Waals surface area contributed by atoms with Crippen LogP contribution in [0.1, 0.15) is 235 Å². The quantitative estimate of drug-likeness (QED) is 0.0362. The topological polar surface area (TPSA) is 89.6 Å². The molecule has 0 aromatic carbocycles. The van der Waals surface area contributed by atoms with Crippen molar-refractivity contribution < 1.29 is 28.5 Å². The van der Waals surface area contributed by atoms with Crippen LogP contribution in [0.3, 0.4) is 0 Å². The van der Waals surface area contributed by atoms with Gasteiger partial charge in [-0.15, -0.1) is 0 Å². The van der Waals surface area contributed by atoms with Gasteiger partial charge in [-0.05, 0) is 130 Å². The first-order valence-electron chi connectivity index (χ1n) is 26.1. The number of hydrogen-bond donors (Lipinski definition) is 1. The molecule has 10 heteroatoms. The molecule has 0 amide bonds. The van der Waals surface area contributed by atoms with Gasteiger partial charge in [-0.3, -0.25) is 9.59 Å². The number of rotatable bonds is 44. The molecule has 368 valence electrons. The molecule has 0 aliphatic heterocycles. The van der Waals surface area contributed by atoms with E-state index in [1.165, 1.54) is 103 Å². The van der Waals surface area contributed by atoms with Crippen molar-refractivity contribution in [2.75, 3.05) is 60.1 Å². The number of nitrogens with one attached hydrogen (secondary N) is 1. The van der Waals surface area contributed by atoms with Crippen LogP contribution >= 0.6 is 12.2 Å². The van der Waals surface area contributed by atoms with Crippen molar-refractivity contribution in [2.45, 2.75) is 252 Å². The Morgan fingerprint density at radius 2 is 1.05 bits per heavy atom. The van der Waals surface area contributed by atoms with Crippen LogP contribution in [0, 0.1) is 5.92 Å². The zero-order valence-electron chi connectivity index (χ0n) is 42.7. The van der Waals surface area contributed by atoms with Crippen LogP contribution in [0.15, 0.2) is 0 Å². The number of carbonyl (C=O) groups is 2. The Morgan fingerprint density at radius 1 is 0.597 bits per heavy atom. The lowest BCUT2D eigenvalue weighted by Crippen LogP contribution is -2.46. The van der Waals surface area contributed by atoms with Gasteiger partial charge in [0.1, 0.15) is 13.1 Å². The Bertz CT molecular complexity index is 1050. The Hall–Kier alpha value is -1.49. The van der Waals surface area contributed by atoms with Crippen LogP contribution in [0.4, 0.5) is 0 Å². The Labute approximate surface area is 390 Å². The van der Waals surface area contributed by atoms with E-state index in [-0.39, 0.29) is 42.3 Å². The summed E-state index contributed by atoms with van der Waals surface area (Å²) in [6.07, 6.45) is 32.3. The van der Waals surface area contributed by atoms with Crippen LogP contribution < -0.4 is 5.32 Å². The zero-order valence-corrected chi connectivity index (χ0v) is 43.5. The van der Waals surface area contributed by atoms with Gasteiger partial charge in [-0.25, -0.2) is 0 Å². The Morgan fingerprint density at radius 3 is 1.48 bits per heavy atom. The molecule has 2 atom stereocenters. The lowest BCUT2D eigenvalue weighted by atomic mass is 9.90. The average molecular weight is 898 g/mol. The highest BCUT2D eigenvalue weighted by Gasteiger charge is 2.28. The maximum atomic E-state index is 13.1. The van der Waals surface area contributed by atoms with Crippen LogP contribution in [-0.4, -0.2) is 104 Å². The fourth-order valence-corrected chi connectivity index (χ4v) is 8.37. The molecule has 0 heterocycles. The van der Waals surface area contributed by atoms with E-state index in [0.717, 1.165) is 90.2 Å². The van der Waals surface area contributed by atoms with Gasteiger partial charge in [0.25, 0.3) is 0 Å². The maximum Gasteiger partial charge on any atom is 0.325 e. The van der Waals surface area contributed by atoms with Crippen molar-refractivity contribution in [2.24, 2.45) is 5.92 Å². The summed E-state index contributed by atoms with van der Waals surface area (Å²) in [5, 5.41) is 3.60. The molecule has 0 aromatic rings. The van der Waals surface area contributed by atoms with E-state index in [4.69, 9.17) is 31.2 Å². The van der Waals surface area contributed by atoms with Crippen molar-refractivity contribution in [1.29, 1.82) is 0 Å². The molecule has 0 rings (SSSR count). The highest BCUT2D eigenvalue weighted by Crippen LogP contribution is 2.31. The molecule has 62 heavy (non-hydrogen) atoms. The van der Waals surface area contributed by atoms with Crippen molar-refractivity contribution in [1.82, 2.24) is 15.1 Å². The third-order valence-electron chi connectivity index (χ3n) is 12.4. The van der Waals surface area contributed by atoms with Crippen molar-refractivity contribution in [3.63, 3.8) is 0 Å². The summed E-state index contributed by atoms with van der Waals surface area (Å²) in [6, 6.07) is 0. The third-order valence-corrected chi connectivity index (χ3v) is 12.8. The highest BCUT2D eigenvalue weighted by atomic mass is 32.1. The predicted octanol–water partition coefficient (Wildman–Crippen LogP) is 13.4. The molecular formula is C52H103N3O6S. The summed E-state index contributed by atoms with van der Waals surface area (Å²) in [5.41, 5.74) is -0.114. The van der Waals surface area contributed by atoms with E-state index in [1.54, 1.807) is 4.90 Å². The summed E-state index contributed by atoms with van der Waals surface area (Å²) in [4.78, 5) is 29.8. The standard InChI is InChI=1S/C52H103N3O6S/c1-11-16-20-26-35-51(7,36-27-21-17-12-2)60-45-46(6)33-24-30-41-58-48(56)43-55(50(62)53-39-32-40-54(9)10)44-49(57)59-42-31-25-34-47(15-5)61-52(8,37-28-22-18-13-3)38-29-23-19-14-4/h46-47H,11-45H2,1-10H3,(H,53,62). The molecule has 0 aromatic heterocycles. The van der Waals surface area contributed by atoms with Crippen LogP contribution in [0.2, 0.25) is 0 Å². The van der Waals surface area contributed by atoms with E-state index >= 15 is 0 Å². The molecule has 0 saturated carbocycles. The monoisotopic (exact) mass is 898 g/mol. The molecular weight excluding hydrogens is 795 g/mol. The minimum Gasteiger partial charge on any atom is -0.464 e. The molecule has 2 unspecified atom stereocenters. The number of nitrogens with zero attached hydrogens (tertiary/aromatic N) is 2. The molecule has 0 bridgehead atoms. The molecule has 0 radical (unpaired) electrons. The SMILES string of the molecule is CCCCCCC(C)(CCCCCC)OCC(C)CCCCOC(=O)CN(CC(=O)OCCCCC(CC)OC(C)(CCCCCC)CCCCCC)C(=S)NCCCN(C)C. The van der Waals surface area contributed by atoms with Crippen molar-refractivity contribution in [3.8, 4) is 0 Å². The summed E-state index contributed by atoms with van der Waals surface area (Å²) < 4.78 is 24.8. The molecule has 0 aliphatic rings. The number of carbonyl (C=O) groups excluding carboxylic acids is 2. The second kappa shape index (κ2) is 39.8. The maximum absolute atomic E-state index is 13.1. The largest absolute Gasteiger partial charge is 0.464 e. The van der Waals surface area contributed by atoms with Crippen molar-refractivity contribution in [3.05, 3.63) is 0 Å². The molecule has 9 nitrogen and oxygen atoms in total. The number of ether oxygens (including phenoxy) is 4. The number of esters is 2. The predicted molar refractivity (Wildman–Crippen MR) is 267 cm³/mol. The van der Waals surface area contributed by atoms with E-state index in [0.29, 0.717) is 30.8 Å². The number of thiocarbonyl (C=S) groups is 1. The minimum atomic E-state index is -0.389. The Balaban J connectivity index is 4.97. The van der Waals surface area contributed by atoms with Gasteiger partial charge in [0, 0.05) is 13.2 Å². The summed E-state index contributed by atoms with van der Waals surface area (Å²) in [7, 11) is 4.07. The molecule has 0 fully saturated rings. The third kappa shape index (κ3) is 34.9. The minimum absolute atomic E-state index is 0.0398. The summed E-state index contributed by atoms with van der Waals surface area (Å²) >= 11 is 5.67. The summed E-state index contributed by atoms with van der Waals surface area (Å²) in [6.45, 7) is 21.0. The first kappa shape index (κ1) is 60.5. The van der Waals surface area contributed by atoms with Crippen molar-refractivity contribution >= 4 is 29.3 Å². The smallest absolute Gasteiger partial charge is 0.325 e.